The first-order chi connectivity index (χ1) is 7.77. The van der Waals surface area contributed by atoms with Gasteiger partial charge in [-0.15, -0.1) is 0 Å². The minimum Gasteiger partial charge on any atom is -0.376 e. The standard InChI is InChI=1S/C11H14ClN3O/c12-7-2-1-4-14-11(7)15-9-8(13)6-3-5-16-10(6)9/h1-2,4,6,8-10H,3,5,13H2,(H,14,15). The Labute approximate surface area is 99.1 Å². The maximum absolute atomic E-state index is 6.09. The molecule has 3 rings (SSSR count). The van der Waals surface area contributed by atoms with Crippen LogP contribution in [0.25, 0.3) is 0 Å². The molecule has 4 unspecified atom stereocenters. The minimum absolute atomic E-state index is 0.139. The van der Waals surface area contributed by atoms with E-state index in [1.54, 1.807) is 6.20 Å². The average molecular weight is 240 g/mol. The summed E-state index contributed by atoms with van der Waals surface area (Å²) in [7, 11) is 0. The molecule has 1 aromatic rings. The molecule has 0 spiro atoms. The predicted octanol–water partition coefficient (Wildman–Crippen LogP) is 1.26. The van der Waals surface area contributed by atoms with Crippen molar-refractivity contribution >= 4 is 17.4 Å². The van der Waals surface area contributed by atoms with E-state index in [2.05, 4.69) is 10.3 Å². The van der Waals surface area contributed by atoms with Gasteiger partial charge in [-0.2, -0.15) is 0 Å². The third-order valence-electron chi connectivity index (χ3n) is 3.51. The molecule has 2 aliphatic rings. The van der Waals surface area contributed by atoms with Gasteiger partial charge in [0.1, 0.15) is 5.82 Å². The van der Waals surface area contributed by atoms with Crippen LogP contribution in [0.2, 0.25) is 5.02 Å². The molecule has 0 radical (unpaired) electrons. The van der Waals surface area contributed by atoms with Gasteiger partial charge < -0.3 is 15.8 Å². The van der Waals surface area contributed by atoms with Gasteiger partial charge in [0.05, 0.1) is 17.2 Å². The molecule has 5 heteroatoms. The zero-order valence-corrected chi connectivity index (χ0v) is 9.52. The Hall–Kier alpha value is -0.840. The maximum atomic E-state index is 6.09. The van der Waals surface area contributed by atoms with Gasteiger partial charge >= 0.3 is 0 Å². The van der Waals surface area contributed by atoms with Gasteiger partial charge in [-0.25, -0.2) is 4.98 Å². The van der Waals surface area contributed by atoms with Crippen molar-refractivity contribution in [2.24, 2.45) is 11.7 Å². The van der Waals surface area contributed by atoms with Crippen molar-refractivity contribution < 1.29 is 4.74 Å². The summed E-state index contributed by atoms with van der Waals surface area (Å²) in [5.74, 6) is 1.19. The quantitative estimate of drug-likeness (QED) is 0.816. The van der Waals surface area contributed by atoms with Crippen molar-refractivity contribution in [3.8, 4) is 0 Å². The molecule has 2 heterocycles. The molecule has 4 nitrogen and oxygen atoms in total. The summed E-state index contributed by atoms with van der Waals surface area (Å²) in [4.78, 5) is 4.19. The van der Waals surface area contributed by atoms with Crippen LogP contribution in [0.1, 0.15) is 6.42 Å². The number of hydrogen-bond donors (Lipinski definition) is 2. The third kappa shape index (κ3) is 1.49. The smallest absolute Gasteiger partial charge is 0.145 e. The molecular formula is C11H14ClN3O. The molecule has 1 saturated heterocycles. The monoisotopic (exact) mass is 239 g/mol. The molecular weight excluding hydrogens is 226 g/mol. The van der Waals surface area contributed by atoms with Crippen LogP contribution in [0.15, 0.2) is 18.3 Å². The second-order valence-corrected chi connectivity index (χ2v) is 4.78. The van der Waals surface area contributed by atoms with Crippen LogP contribution in [0.4, 0.5) is 5.82 Å². The molecule has 1 saturated carbocycles. The zero-order chi connectivity index (χ0) is 11.1. The van der Waals surface area contributed by atoms with E-state index in [1.807, 2.05) is 12.1 Å². The molecule has 16 heavy (non-hydrogen) atoms. The average Bonchev–Trinajstić information content (AvgIpc) is 2.72. The molecule has 0 bridgehead atoms. The lowest BCUT2D eigenvalue weighted by Crippen LogP contribution is -2.65. The number of pyridine rings is 1. The summed E-state index contributed by atoms with van der Waals surface area (Å²) in [6.45, 7) is 0.817. The third-order valence-corrected chi connectivity index (χ3v) is 3.81. The molecule has 1 aromatic heterocycles. The van der Waals surface area contributed by atoms with Crippen molar-refractivity contribution in [2.45, 2.75) is 24.6 Å². The van der Waals surface area contributed by atoms with Crippen LogP contribution in [0.3, 0.4) is 0 Å². The SMILES string of the molecule is NC1C2CCOC2C1Nc1ncccc1Cl. The van der Waals surface area contributed by atoms with Gasteiger partial charge in [0.25, 0.3) is 0 Å². The normalized spacial score (nSPS) is 36.6. The fourth-order valence-electron chi connectivity index (χ4n) is 2.58. The Morgan fingerprint density at radius 3 is 3.25 bits per heavy atom. The van der Waals surface area contributed by atoms with Crippen LogP contribution in [0, 0.1) is 5.92 Å². The highest BCUT2D eigenvalue weighted by Gasteiger charge is 2.52. The number of halogens is 1. The Kier molecular flexibility index (Phi) is 2.50. The number of aromatic nitrogens is 1. The maximum Gasteiger partial charge on any atom is 0.145 e. The molecule has 2 fully saturated rings. The number of fused-ring (bicyclic) bond motifs is 1. The Morgan fingerprint density at radius 2 is 2.44 bits per heavy atom. The molecule has 1 aliphatic heterocycles. The number of nitrogens with two attached hydrogens (primary N) is 1. The van der Waals surface area contributed by atoms with E-state index in [0.717, 1.165) is 13.0 Å². The highest BCUT2D eigenvalue weighted by atomic mass is 35.5. The lowest BCUT2D eigenvalue weighted by molar-refractivity contribution is 0.00524. The lowest BCUT2D eigenvalue weighted by Gasteiger charge is -2.45. The summed E-state index contributed by atoms with van der Waals surface area (Å²) >= 11 is 6.03. The Morgan fingerprint density at radius 1 is 1.56 bits per heavy atom. The van der Waals surface area contributed by atoms with Gasteiger partial charge in [0.2, 0.25) is 0 Å². The van der Waals surface area contributed by atoms with E-state index in [9.17, 15) is 0 Å². The van der Waals surface area contributed by atoms with Gasteiger partial charge in [-0.1, -0.05) is 11.6 Å². The van der Waals surface area contributed by atoms with E-state index in [0.29, 0.717) is 16.8 Å². The van der Waals surface area contributed by atoms with E-state index < -0.39 is 0 Å². The number of hydrogen-bond acceptors (Lipinski definition) is 4. The van der Waals surface area contributed by atoms with E-state index >= 15 is 0 Å². The number of rotatable bonds is 2. The topological polar surface area (TPSA) is 60.2 Å². The van der Waals surface area contributed by atoms with Crippen molar-refractivity contribution in [3.63, 3.8) is 0 Å². The molecule has 4 atom stereocenters. The van der Waals surface area contributed by atoms with E-state index in [-0.39, 0.29) is 18.2 Å². The molecule has 0 aromatic carbocycles. The molecule has 86 valence electrons. The van der Waals surface area contributed by atoms with Crippen molar-refractivity contribution in [2.75, 3.05) is 11.9 Å². The van der Waals surface area contributed by atoms with Crippen LogP contribution >= 0.6 is 11.6 Å². The lowest BCUT2D eigenvalue weighted by atomic mass is 9.72. The second-order valence-electron chi connectivity index (χ2n) is 4.37. The van der Waals surface area contributed by atoms with Gasteiger partial charge in [-0.05, 0) is 18.6 Å². The van der Waals surface area contributed by atoms with E-state index in [1.165, 1.54) is 0 Å². The first kappa shape index (κ1) is 10.3. The highest BCUT2D eigenvalue weighted by Crippen LogP contribution is 2.39. The number of nitrogens with zero attached hydrogens (tertiary/aromatic N) is 1. The zero-order valence-electron chi connectivity index (χ0n) is 8.77. The summed E-state index contributed by atoms with van der Waals surface area (Å²) in [6, 6.07) is 3.91. The second kappa shape index (κ2) is 3.87. The molecule has 1 aliphatic carbocycles. The van der Waals surface area contributed by atoms with Crippen molar-refractivity contribution in [1.29, 1.82) is 0 Å². The first-order valence-electron chi connectivity index (χ1n) is 5.51. The largest absolute Gasteiger partial charge is 0.376 e. The van der Waals surface area contributed by atoms with Crippen LogP contribution in [-0.2, 0) is 4.74 Å². The number of anilines is 1. The summed E-state index contributed by atoms with van der Waals surface area (Å²) in [6.07, 6.45) is 3.01. The fraction of sp³-hybridized carbons (Fsp3) is 0.545. The van der Waals surface area contributed by atoms with Crippen LogP contribution < -0.4 is 11.1 Å². The summed E-state index contributed by atoms with van der Waals surface area (Å²) in [5, 5.41) is 3.90. The number of ether oxygens (including phenoxy) is 1. The minimum atomic E-state index is 0.139. The Bertz CT molecular complexity index is 401. The van der Waals surface area contributed by atoms with Gasteiger partial charge in [0, 0.05) is 24.8 Å². The fourth-order valence-corrected chi connectivity index (χ4v) is 2.75. The Balaban J connectivity index is 1.74. The predicted molar refractivity (Wildman–Crippen MR) is 62.5 cm³/mol. The van der Waals surface area contributed by atoms with E-state index in [4.69, 9.17) is 22.1 Å². The van der Waals surface area contributed by atoms with Gasteiger partial charge in [-0.3, -0.25) is 0 Å². The molecule has 3 N–H and O–H groups in total. The van der Waals surface area contributed by atoms with Crippen LogP contribution in [-0.4, -0.2) is 29.8 Å². The molecule has 0 amide bonds. The van der Waals surface area contributed by atoms with Gasteiger partial charge in [0.15, 0.2) is 0 Å². The first-order valence-corrected chi connectivity index (χ1v) is 5.89. The van der Waals surface area contributed by atoms with Crippen molar-refractivity contribution in [3.05, 3.63) is 23.4 Å². The van der Waals surface area contributed by atoms with Crippen molar-refractivity contribution in [1.82, 2.24) is 4.98 Å². The number of nitrogens with one attached hydrogen (secondary N) is 1. The van der Waals surface area contributed by atoms with Crippen LogP contribution in [0.5, 0.6) is 0 Å². The summed E-state index contributed by atoms with van der Waals surface area (Å²) in [5.41, 5.74) is 6.09. The highest BCUT2D eigenvalue weighted by molar-refractivity contribution is 6.32. The summed E-state index contributed by atoms with van der Waals surface area (Å²) < 4.78 is 5.63.